The molecule has 41 heavy (non-hydrogen) atoms. The van der Waals surface area contributed by atoms with Crippen LogP contribution in [0.2, 0.25) is 15.1 Å². The smallest absolute Gasteiger partial charge is 0.423 e. The molecule has 7 nitrogen and oxygen atoms in total. The molecule has 0 saturated carbocycles. The molecule has 0 aliphatic carbocycles. The third-order valence-electron chi connectivity index (χ3n) is 7.58. The first-order valence-corrected chi connectivity index (χ1v) is 13.9. The second-order valence-corrected chi connectivity index (χ2v) is 12.0. The van der Waals surface area contributed by atoms with Crippen LogP contribution in [0.1, 0.15) is 59.9 Å². The van der Waals surface area contributed by atoms with Gasteiger partial charge in [0.1, 0.15) is 5.71 Å². The van der Waals surface area contributed by atoms with E-state index in [1.54, 1.807) is 18.2 Å². The predicted molar refractivity (Wildman–Crippen MR) is 168 cm³/mol. The van der Waals surface area contributed by atoms with Crippen molar-refractivity contribution in [2.75, 3.05) is 0 Å². The van der Waals surface area contributed by atoms with Crippen molar-refractivity contribution >= 4 is 78.0 Å². The molecule has 2 aliphatic rings. The largest absolute Gasteiger partial charge is 0.492 e. The summed E-state index contributed by atoms with van der Waals surface area (Å²) < 4.78 is 7.57. The van der Waals surface area contributed by atoms with Crippen LogP contribution in [0.5, 0.6) is 0 Å². The first-order valence-electron chi connectivity index (χ1n) is 12.7. The molecule has 0 spiro atoms. The van der Waals surface area contributed by atoms with Crippen molar-refractivity contribution in [3.8, 4) is 0 Å². The van der Waals surface area contributed by atoms with Crippen LogP contribution in [0.4, 0.5) is 0 Å². The van der Waals surface area contributed by atoms with Crippen molar-refractivity contribution in [2.45, 2.75) is 44.9 Å². The highest BCUT2D eigenvalue weighted by Crippen LogP contribution is 2.41. The zero-order valence-electron chi connectivity index (χ0n) is 22.5. The van der Waals surface area contributed by atoms with Crippen LogP contribution in [0.3, 0.4) is 0 Å². The summed E-state index contributed by atoms with van der Waals surface area (Å²) >= 11 is 18.7. The number of hydrogen-bond donors (Lipinski definition) is 2. The van der Waals surface area contributed by atoms with Crippen LogP contribution >= 0.6 is 48.3 Å². The normalized spacial score (nSPS) is 19.0. The maximum absolute atomic E-state index is 13.3. The first kappa shape index (κ1) is 29.8. The van der Waals surface area contributed by atoms with Gasteiger partial charge in [-0.15, -0.1) is 0 Å². The molecule has 2 N–H and O–H groups in total. The maximum atomic E-state index is 13.3. The van der Waals surface area contributed by atoms with Gasteiger partial charge in [0, 0.05) is 24.7 Å². The Labute approximate surface area is 260 Å². The quantitative estimate of drug-likeness (QED) is 0.211. The van der Waals surface area contributed by atoms with E-state index in [-0.39, 0.29) is 19.4 Å². The average molecular weight is 631 g/mol. The molecule has 4 heterocycles. The Morgan fingerprint density at radius 1 is 1.10 bits per heavy atom. The lowest BCUT2D eigenvalue weighted by Crippen LogP contribution is -2.30. The van der Waals surface area contributed by atoms with Gasteiger partial charge in [-0.25, -0.2) is 0 Å². The lowest BCUT2D eigenvalue weighted by Gasteiger charge is -2.23. The van der Waals surface area contributed by atoms with Gasteiger partial charge in [-0.1, -0.05) is 58.2 Å². The Morgan fingerprint density at radius 2 is 1.83 bits per heavy atom. The number of pyridine rings is 1. The topological polar surface area (TPSA) is 84.6 Å². The number of halogens is 3. The molecule has 2 aromatic heterocycles. The number of nitrogens with zero attached hydrogens (tertiary/aromatic N) is 2. The van der Waals surface area contributed by atoms with Gasteiger partial charge in [-0.2, -0.15) is 13.5 Å². The zero-order chi connectivity index (χ0) is 28.4. The molecule has 2 aromatic carbocycles. The highest BCUT2D eigenvalue weighted by atomic mass is 35.5. The average Bonchev–Trinajstić information content (AvgIpc) is 3.62. The maximum Gasteiger partial charge on any atom is 0.492 e. The molecule has 1 atom stereocenters. The third kappa shape index (κ3) is 5.24. The Hall–Kier alpha value is -2.66. The van der Waals surface area contributed by atoms with E-state index in [9.17, 15) is 9.82 Å². The number of nitrogens with one attached hydrogen (secondary N) is 1. The lowest BCUT2D eigenvalue weighted by atomic mass is 9.77. The van der Waals surface area contributed by atoms with E-state index >= 15 is 0 Å². The minimum atomic E-state index is -0.980. The standard InChI is InChI=1S/C29H25BCl3N3O4.H2S/c1-28(2)19-8-6-16(11-20(19)30(38)39-28)15-34-27(37)18-7-9-25(36-10-4-5-24(18)36)23-14-29(3,40-35-23)17-12-21(31)26(33)22(32)13-17;/h4-13,38H,14-15H2,1-3H3,(H,34,37);1H2/t29-;/m0./s1. The van der Waals surface area contributed by atoms with Crippen LogP contribution in [0.25, 0.3) is 5.52 Å². The van der Waals surface area contributed by atoms with Crippen LogP contribution in [0.15, 0.2) is 65.9 Å². The van der Waals surface area contributed by atoms with E-state index in [0.717, 1.165) is 39.1 Å². The highest BCUT2D eigenvalue weighted by molar-refractivity contribution is 7.59. The van der Waals surface area contributed by atoms with Gasteiger partial charge in [0.05, 0.1) is 37.4 Å². The number of fused-ring (bicyclic) bond motifs is 2. The summed E-state index contributed by atoms with van der Waals surface area (Å²) in [6, 6.07) is 16.7. The number of aromatic nitrogens is 1. The van der Waals surface area contributed by atoms with Crippen molar-refractivity contribution in [3.05, 3.63) is 104 Å². The van der Waals surface area contributed by atoms with Crippen LogP contribution in [-0.4, -0.2) is 28.2 Å². The molecule has 2 aliphatic heterocycles. The van der Waals surface area contributed by atoms with Gasteiger partial charge < -0.3 is 24.2 Å². The molecule has 212 valence electrons. The summed E-state index contributed by atoms with van der Waals surface area (Å²) in [7, 11) is -0.980. The molecule has 1 amide bonds. The number of hydrogen-bond acceptors (Lipinski definition) is 5. The van der Waals surface area contributed by atoms with Gasteiger partial charge >= 0.3 is 7.12 Å². The first-order chi connectivity index (χ1) is 19.0. The molecular weight excluding hydrogens is 604 g/mol. The van der Waals surface area contributed by atoms with E-state index < -0.39 is 18.3 Å². The van der Waals surface area contributed by atoms with E-state index in [1.165, 1.54) is 0 Å². The number of rotatable bonds is 5. The van der Waals surface area contributed by atoms with Gasteiger partial charge in [0.2, 0.25) is 0 Å². The predicted octanol–water partition coefficient (Wildman–Crippen LogP) is 5.93. The molecule has 0 unspecified atom stereocenters. The fourth-order valence-corrected chi connectivity index (χ4v) is 6.01. The Kier molecular flexibility index (Phi) is 7.91. The molecule has 6 rings (SSSR count). The van der Waals surface area contributed by atoms with E-state index in [1.807, 2.05) is 67.8 Å². The molecule has 4 aromatic rings. The van der Waals surface area contributed by atoms with Crippen molar-refractivity contribution in [3.63, 3.8) is 0 Å². The van der Waals surface area contributed by atoms with Crippen molar-refractivity contribution in [1.82, 2.24) is 9.72 Å². The van der Waals surface area contributed by atoms with E-state index in [2.05, 4.69) is 10.5 Å². The molecule has 0 saturated heterocycles. The number of benzene rings is 2. The fourth-order valence-electron chi connectivity index (χ4n) is 5.42. The van der Waals surface area contributed by atoms with Crippen LogP contribution in [0, 0.1) is 0 Å². The van der Waals surface area contributed by atoms with Crippen LogP contribution < -0.4 is 10.8 Å². The molecule has 0 fully saturated rings. The second kappa shape index (κ2) is 10.9. The van der Waals surface area contributed by atoms with Crippen molar-refractivity contribution in [1.29, 1.82) is 0 Å². The second-order valence-electron chi connectivity index (χ2n) is 10.8. The molecule has 0 bridgehead atoms. The number of oxime groups is 1. The molecule has 12 heteroatoms. The van der Waals surface area contributed by atoms with Gasteiger partial charge in [-0.3, -0.25) is 4.79 Å². The van der Waals surface area contributed by atoms with Gasteiger partial charge in [0.15, 0.2) is 5.60 Å². The number of carbonyl (C=O) groups is 1. The monoisotopic (exact) mass is 629 g/mol. The van der Waals surface area contributed by atoms with Gasteiger partial charge in [0.25, 0.3) is 5.91 Å². The summed E-state index contributed by atoms with van der Waals surface area (Å²) in [5.74, 6) is -0.215. The third-order valence-corrected chi connectivity index (χ3v) is 8.78. The molecule has 0 radical (unpaired) electrons. The van der Waals surface area contributed by atoms with Crippen molar-refractivity contribution < 1.29 is 19.3 Å². The lowest BCUT2D eigenvalue weighted by molar-refractivity contribution is -0.00737. The number of amides is 1. The van der Waals surface area contributed by atoms with Crippen molar-refractivity contribution in [2.24, 2.45) is 5.16 Å². The summed E-state index contributed by atoms with van der Waals surface area (Å²) in [6.45, 7) is 6.06. The minimum absolute atomic E-state index is 0. The minimum Gasteiger partial charge on any atom is -0.423 e. The Balaban J connectivity index is 0.00000337. The SMILES string of the molecule is CC1(C)OB(O)c2cc(CNC(=O)c3ccc(C4=NO[C@](C)(c5cc(Cl)c(Cl)c(Cl)c5)C4)n4cccc34)ccc21.S. The summed E-state index contributed by atoms with van der Waals surface area (Å²) in [5.41, 5.74) is 4.76. The highest BCUT2D eigenvalue weighted by Gasteiger charge is 2.41. The van der Waals surface area contributed by atoms with Crippen LogP contribution in [-0.2, 0) is 27.2 Å². The molecular formula is C29H27BCl3N3O4S. The van der Waals surface area contributed by atoms with Gasteiger partial charge in [-0.05, 0) is 73.8 Å². The zero-order valence-corrected chi connectivity index (χ0v) is 25.7. The fraction of sp³-hybridized carbons (Fsp3) is 0.241. The van der Waals surface area contributed by atoms with E-state index in [4.69, 9.17) is 44.3 Å². The summed E-state index contributed by atoms with van der Waals surface area (Å²) in [5, 5.41) is 18.7. The Morgan fingerprint density at radius 3 is 2.56 bits per heavy atom. The Bertz CT molecular complexity index is 1700. The summed E-state index contributed by atoms with van der Waals surface area (Å²) in [6.07, 6.45) is 2.35. The van der Waals surface area contributed by atoms with E-state index in [0.29, 0.717) is 33.6 Å². The summed E-state index contributed by atoms with van der Waals surface area (Å²) in [4.78, 5) is 19.1. The number of carbonyl (C=O) groups excluding carboxylic acids is 1.